The first kappa shape index (κ1) is 20.7. The van der Waals surface area contributed by atoms with Crippen LogP contribution in [0.15, 0.2) is 48.7 Å². The molecule has 6 nitrogen and oxygen atoms in total. The summed E-state index contributed by atoms with van der Waals surface area (Å²) in [6, 6.07) is 15.1. The minimum atomic E-state index is 0.863. The number of nitrogens with zero attached hydrogens (tertiary/aromatic N) is 6. The molecule has 2 aromatic heterocycles. The number of benzene rings is 1. The Labute approximate surface area is 189 Å². The van der Waals surface area contributed by atoms with E-state index >= 15 is 0 Å². The molecular formula is C24H32N6S. The molecule has 5 rings (SSSR count). The zero-order valence-corrected chi connectivity index (χ0v) is 19.2. The van der Waals surface area contributed by atoms with Crippen LogP contribution in [0.1, 0.15) is 31.0 Å². The smallest absolute Gasteiger partial charge is 0.218 e. The summed E-state index contributed by atoms with van der Waals surface area (Å²) in [5, 5.41) is 11.1. The number of aromatic nitrogens is 3. The van der Waals surface area contributed by atoms with E-state index in [4.69, 9.17) is 0 Å². The lowest BCUT2D eigenvalue weighted by Gasteiger charge is -2.34. The predicted molar refractivity (Wildman–Crippen MR) is 127 cm³/mol. The van der Waals surface area contributed by atoms with Crippen LogP contribution >= 0.6 is 11.3 Å². The second-order valence-corrected chi connectivity index (χ2v) is 9.88. The minimum absolute atomic E-state index is 0.863. The number of likely N-dealkylation sites (tertiary alicyclic amines) is 1. The fraction of sp³-hybridized carbons (Fsp3) is 0.500. The molecule has 4 heterocycles. The molecule has 2 aliphatic rings. The molecule has 0 atom stereocenters. The fourth-order valence-electron chi connectivity index (χ4n) is 4.55. The highest BCUT2D eigenvalue weighted by molar-refractivity contribution is 7.17. The van der Waals surface area contributed by atoms with Gasteiger partial charge >= 0.3 is 0 Å². The number of anilines is 1. The van der Waals surface area contributed by atoms with Crippen molar-refractivity contribution in [3.05, 3.63) is 59.9 Å². The molecule has 0 unspecified atom stereocenters. The van der Waals surface area contributed by atoms with E-state index in [1.54, 1.807) is 11.3 Å². The molecule has 164 valence electrons. The van der Waals surface area contributed by atoms with E-state index in [9.17, 15) is 0 Å². The van der Waals surface area contributed by atoms with E-state index in [0.717, 1.165) is 55.4 Å². The van der Waals surface area contributed by atoms with Crippen molar-refractivity contribution in [1.29, 1.82) is 0 Å². The third kappa shape index (κ3) is 5.00. The summed E-state index contributed by atoms with van der Waals surface area (Å²) in [5.41, 5.74) is 2.70. The van der Waals surface area contributed by atoms with Crippen molar-refractivity contribution < 1.29 is 0 Å². The molecule has 0 N–H and O–H groups in total. The van der Waals surface area contributed by atoms with Gasteiger partial charge in [-0.1, -0.05) is 48.6 Å². The predicted octanol–water partition coefficient (Wildman–Crippen LogP) is 3.88. The number of hydrogen-bond donors (Lipinski definition) is 0. The Hall–Kier alpha value is -2.22. The average molecular weight is 437 g/mol. The molecular weight excluding hydrogens is 404 g/mol. The highest BCUT2D eigenvalue weighted by Gasteiger charge is 2.22. The van der Waals surface area contributed by atoms with Gasteiger partial charge in [-0.05, 0) is 49.5 Å². The molecule has 2 fully saturated rings. The zero-order chi connectivity index (χ0) is 21.0. The van der Waals surface area contributed by atoms with Crippen LogP contribution in [0.25, 0.3) is 5.13 Å². The van der Waals surface area contributed by atoms with Gasteiger partial charge in [-0.3, -0.25) is 14.4 Å². The molecule has 2 saturated heterocycles. The van der Waals surface area contributed by atoms with Crippen molar-refractivity contribution in [2.45, 2.75) is 32.9 Å². The number of piperazine rings is 1. The highest BCUT2D eigenvalue weighted by atomic mass is 32.1. The summed E-state index contributed by atoms with van der Waals surface area (Å²) in [5.74, 6) is 0.863. The van der Waals surface area contributed by atoms with Gasteiger partial charge in [0.05, 0.1) is 0 Å². The van der Waals surface area contributed by atoms with Crippen molar-refractivity contribution in [3.63, 3.8) is 0 Å². The summed E-state index contributed by atoms with van der Waals surface area (Å²) in [6.45, 7) is 10.9. The van der Waals surface area contributed by atoms with Crippen LogP contribution in [-0.4, -0.2) is 63.8 Å². The maximum atomic E-state index is 4.54. The quantitative estimate of drug-likeness (QED) is 0.586. The monoisotopic (exact) mass is 436 g/mol. The molecule has 0 spiro atoms. The first-order valence-electron chi connectivity index (χ1n) is 11.5. The lowest BCUT2D eigenvalue weighted by molar-refractivity contribution is 0.182. The maximum Gasteiger partial charge on any atom is 0.218 e. The zero-order valence-electron chi connectivity index (χ0n) is 18.4. The largest absolute Gasteiger partial charge is 0.344 e. The molecule has 0 radical (unpaired) electrons. The molecule has 0 bridgehead atoms. The lowest BCUT2D eigenvalue weighted by Crippen LogP contribution is -2.45. The van der Waals surface area contributed by atoms with Crippen LogP contribution in [0.4, 0.5) is 5.13 Å². The standard InChI is InChI=1S/C24H32N6S/c1-20-9-12-27(13-10-20)19-22-8-5-11-30(22)24-26-25-23(31-24)29-16-14-28(15-17-29)18-21-6-3-2-4-7-21/h2-8,11,20H,9-10,12-19H2,1H3. The van der Waals surface area contributed by atoms with Gasteiger partial charge in [-0.15, -0.1) is 10.2 Å². The molecule has 1 aromatic carbocycles. The van der Waals surface area contributed by atoms with Gasteiger partial charge in [0.2, 0.25) is 10.3 Å². The van der Waals surface area contributed by atoms with Crippen molar-refractivity contribution in [2.75, 3.05) is 44.2 Å². The second kappa shape index (κ2) is 9.51. The summed E-state index contributed by atoms with van der Waals surface area (Å²) in [4.78, 5) is 7.48. The van der Waals surface area contributed by atoms with Crippen LogP contribution in [0.3, 0.4) is 0 Å². The van der Waals surface area contributed by atoms with Gasteiger partial charge in [-0.25, -0.2) is 0 Å². The van der Waals surface area contributed by atoms with Gasteiger partial charge < -0.3 is 4.90 Å². The van der Waals surface area contributed by atoms with Crippen LogP contribution < -0.4 is 4.90 Å². The Morgan fingerprint density at radius 2 is 1.52 bits per heavy atom. The summed E-state index contributed by atoms with van der Waals surface area (Å²) < 4.78 is 2.23. The molecule has 0 saturated carbocycles. The Morgan fingerprint density at radius 3 is 2.29 bits per heavy atom. The third-order valence-electron chi connectivity index (χ3n) is 6.60. The molecule has 3 aromatic rings. The number of piperidine rings is 1. The first-order chi connectivity index (χ1) is 15.2. The van der Waals surface area contributed by atoms with E-state index in [0.29, 0.717) is 0 Å². The van der Waals surface area contributed by atoms with Gasteiger partial charge in [0, 0.05) is 51.2 Å². The van der Waals surface area contributed by atoms with Crippen molar-refractivity contribution in [1.82, 2.24) is 24.6 Å². The van der Waals surface area contributed by atoms with E-state index in [-0.39, 0.29) is 0 Å². The lowest BCUT2D eigenvalue weighted by atomic mass is 9.99. The second-order valence-electron chi connectivity index (χ2n) is 8.94. The normalized spacial score (nSPS) is 19.2. The molecule has 31 heavy (non-hydrogen) atoms. The molecule has 2 aliphatic heterocycles. The van der Waals surface area contributed by atoms with Gasteiger partial charge in [0.25, 0.3) is 0 Å². The number of hydrogen-bond acceptors (Lipinski definition) is 6. The van der Waals surface area contributed by atoms with Gasteiger partial charge in [0.1, 0.15) is 0 Å². The average Bonchev–Trinajstić information content (AvgIpc) is 3.46. The summed E-state index contributed by atoms with van der Waals surface area (Å²) in [7, 11) is 0. The Kier molecular flexibility index (Phi) is 6.34. The summed E-state index contributed by atoms with van der Waals surface area (Å²) >= 11 is 1.71. The number of rotatable bonds is 6. The van der Waals surface area contributed by atoms with Crippen LogP contribution in [0, 0.1) is 5.92 Å². The Balaban J connectivity index is 1.19. The Morgan fingerprint density at radius 1 is 0.806 bits per heavy atom. The molecule has 0 aliphatic carbocycles. The highest BCUT2D eigenvalue weighted by Crippen LogP contribution is 2.27. The van der Waals surface area contributed by atoms with Gasteiger partial charge in [-0.2, -0.15) is 0 Å². The topological polar surface area (TPSA) is 40.4 Å². The van der Waals surface area contributed by atoms with E-state index < -0.39 is 0 Å². The SMILES string of the molecule is CC1CCN(Cc2cccn2-c2nnc(N3CCN(Cc4ccccc4)CC3)s2)CC1. The summed E-state index contributed by atoms with van der Waals surface area (Å²) in [6.07, 6.45) is 4.74. The first-order valence-corrected chi connectivity index (χ1v) is 12.3. The van der Waals surface area contributed by atoms with E-state index in [1.165, 1.54) is 37.2 Å². The van der Waals surface area contributed by atoms with Gasteiger partial charge in [0.15, 0.2) is 0 Å². The van der Waals surface area contributed by atoms with Crippen LogP contribution in [-0.2, 0) is 13.1 Å². The van der Waals surface area contributed by atoms with E-state index in [1.807, 2.05) is 0 Å². The third-order valence-corrected chi connectivity index (χ3v) is 7.58. The molecule has 0 amide bonds. The maximum absolute atomic E-state index is 4.54. The fourth-order valence-corrected chi connectivity index (χ4v) is 5.47. The minimum Gasteiger partial charge on any atom is -0.344 e. The van der Waals surface area contributed by atoms with Crippen molar-refractivity contribution in [2.24, 2.45) is 5.92 Å². The van der Waals surface area contributed by atoms with Crippen molar-refractivity contribution >= 4 is 16.5 Å². The molecule has 7 heteroatoms. The van der Waals surface area contributed by atoms with Crippen LogP contribution in [0.5, 0.6) is 0 Å². The Bertz CT molecular complexity index is 951. The van der Waals surface area contributed by atoms with Crippen LogP contribution in [0.2, 0.25) is 0 Å². The van der Waals surface area contributed by atoms with Crippen molar-refractivity contribution in [3.8, 4) is 5.13 Å². The van der Waals surface area contributed by atoms with E-state index in [2.05, 4.69) is 85.0 Å².